The van der Waals surface area contributed by atoms with E-state index in [2.05, 4.69) is 12.1 Å². The van der Waals surface area contributed by atoms with Gasteiger partial charge in [-0.1, -0.05) is 86.7 Å². The topological polar surface area (TPSA) is 223 Å². The fraction of sp³-hybridized carbons (Fsp3) is 0.525. The number of ether oxygens (including phenoxy) is 4. The first-order valence-electron chi connectivity index (χ1n) is 18.2. The average Bonchev–Trinajstić information content (AvgIpc) is 3.33. The van der Waals surface area contributed by atoms with Crippen LogP contribution in [-0.2, 0) is 55.8 Å². The smallest absolute Gasteiger partial charge is 0.344 e. The minimum atomic E-state index is -3.86. The molecular formula is C40H50O14. The van der Waals surface area contributed by atoms with E-state index < -0.39 is 77.7 Å². The van der Waals surface area contributed by atoms with E-state index in [1.165, 1.54) is 12.5 Å². The maximum absolute atomic E-state index is 13.2. The predicted octanol–water partition coefficient (Wildman–Crippen LogP) is 4.08. The number of benzene rings is 2. The summed E-state index contributed by atoms with van der Waals surface area (Å²) in [7, 11) is 0. The van der Waals surface area contributed by atoms with E-state index in [-0.39, 0.29) is 37.5 Å². The summed E-state index contributed by atoms with van der Waals surface area (Å²) >= 11 is 0. The summed E-state index contributed by atoms with van der Waals surface area (Å²) in [6.45, 7) is 5.12. The maximum Gasteiger partial charge on any atom is 0.344 e. The van der Waals surface area contributed by atoms with Crippen molar-refractivity contribution in [1.82, 2.24) is 0 Å². The van der Waals surface area contributed by atoms with Gasteiger partial charge in [-0.15, -0.1) is 0 Å². The van der Waals surface area contributed by atoms with E-state index in [0.29, 0.717) is 6.42 Å². The van der Waals surface area contributed by atoms with Crippen LogP contribution in [0.5, 0.6) is 0 Å². The van der Waals surface area contributed by atoms with Gasteiger partial charge in [0.2, 0.25) is 23.1 Å². The number of carboxylic acids is 3. The lowest BCUT2D eigenvalue weighted by Crippen LogP contribution is -2.78. The highest BCUT2D eigenvalue weighted by atomic mass is 16.8. The molecule has 0 saturated carbocycles. The van der Waals surface area contributed by atoms with Crippen LogP contribution in [0.15, 0.2) is 72.8 Å². The summed E-state index contributed by atoms with van der Waals surface area (Å²) in [5, 5.41) is 53.7. The van der Waals surface area contributed by atoms with Crippen LogP contribution < -0.4 is 0 Å². The van der Waals surface area contributed by atoms with Gasteiger partial charge in [0.05, 0.1) is 0 Å². The van der Waals surface area contributed by atoms with E-state index in [1.54, 1.807) is 6.08 Å². The fourth-order valence-corrected chi connectivity index (χ4v) is 7.38. The van der Waals surface area contributed by atoms with Crippen LogP contribution >= 0.6 is 0 Å². The Morgan fingerprint density at radius 2 is 1.52 bits per heavy atom. The van der Waals surface area contributed by atoms with Gasteiger partial charge < -0.3 is 44.5 Å². The van der Waals surface area contributed by atoms with E-state index in [1.807, 2.05) is 68.5 Å². The number of esters is 2. The van der Waals surface area contributed by atoms with E-state index >= 15 is 0 Å². The van der Waals surface area contributed by atoms with Crippen molar-refractivity contribution in [2.45, 2.75) is 120 Å². The molecule has 0 amide bonds. The standard InChI is InChI=1S/C40H50O14/c1-25(15-12-20-28-16-6-4-7-17-28)14-10-11-22-31(42)52-33-32(43)38(53-34(35(44)45)39(50,36(46)47)40(33,54-38)37(48)49)23-13-21-30(51-27(3)41)26(2)24-29-18-8-5-9-19-29/h4-10,14,16-19,25-26,30,32-34,43,50H,11-13,15,20-24H2,1-3H3,(H,44,45)(H,46,47)(H,48,49)/b14-10+/t25-,26+,30+,32+,33+,34+,38-,39-,40-/m0/s1. The number of carboxylic acid groups (broad SMARTS) is 3. The number of aliphatic hydroxyl groups is 2. The Morgan fingerprint density at radius 3 is 2.09 bits per heavy atom. The SMILES string of the molecule is CC(=O)O[C@H](CCC[C@]12O[C@H](C(=O)O)[C@](O)(C(=O)O)[C@](C(=O)O)(O1)[C@H](OC(=O)CC/C=C/[C@H](C)CCCc1ccccc1)[C@H]2O)[C@H](C)Cc1ccccc1. The minimum Gasteiger partial charge on any atom is -0.479 e. The van der Waals surface area contributed by atoms with Crippen LogP contribution in [-0.4, -0.2) is 96.8 Å². The van der Waals surface area contributed by atoms with Gasteiger partial charge in [0.25, 0.3) is 0 Å². The van der Waals surface area contributed by atoms with Gasteiger partial charge in [-0.3, -0.25) is 9.59 Å². The normalized spacial score (nSPS) is 27.8. The van der Waals surface area contributed by atoms with Crippen LogP contribution in [0.4, 0.5) is 0 Å². The van der Waals surface area contributed by atoms with Crippen LogP contribution in [0.25, 0.3) is 0 Å². The fourth-order valence-electron chi connectivity index (χ4n) is 7.38. The Labute approximate surface area is 313 Å². The molecule has 0 spiro atoms. The molecular weight excluding hydrogens is 704 g/mol. The molecule has 2 bridgehead atoms. The summed E-state index contributed by atoms with van der Waals surface area (Å²) in [5.41, 5.74) is -5.16. The molecule has 2 aliphatic rings. The molecule has 2 aromatic rings. The highest BCUT2D eigenvalue weighted by Crippen LogP contribution is 2.55. The zero-order valence-electron chi connectivity index (χ0n) is 30.7. The highest BCUT2D eigenvalue weighted by molar-refractivity contribution is 5.98. The average molecular weight is 755 g/mol. The third-order valence-electron chi connectivity index (χ3n) is 10.2. The molecule has 9 atom stereocenters. The molecule has 0 radical (unpaired) electrons. The molecule has 2 heterocycles. The van der Waals surface area contributed by atoms with Crippen molar-refractivity contribution in [3.63, 3.8) is 0 Å². The number of carbonyl (C=O) groups excluding carboxylic acids is 2. The second-order valence-corrected chi connectivity index (χ2v) is 14.2. The molecule has 294 valence electrons. The lowest BCUT2D eigenvalue weighted by molar-refractivity contribution is -0.374. The lowest BCUT2D eigenvalue weighted by Gasteiger charge is -2.48. The summed E-state index contributed by atoms with van der Waals surface area (Å²) in [4.78, 5) is 63.2. The monoisotopic (exact) mass is 754 g/mol. The summed E-state index contributed by atoms with van der Waals surface area (Å²) in [6, 6.07) is 19.4. The number of aliphatic hydroxyl groups excluding tert-OH is 1. The first-order chi connectivity index (χ1) is 25.6. The lowest BCUT2D eigenvalue weighted by atomic mass is 9.74. The van der Waals surface area contributed by atoms with E-state index in [0.717, 1.165) is 24.8 Å². The maximum atomic E-state index is 13.2. The van der Waals surface area contributed by atoms with Gasteiger partial charge in [0.1, 0.15) is 12.2 Å². The zero-order chi connectivity index (χ0) is 39.7. The Morgan fingerprint density at radius 1 is 0.889 bits per heavy atom. The molecule has 2 saturated heterocycles. The van der Waals surface area contributed by atoms with Gasteiger partial charge in [0.15, 0.2) is 6.10 Å². The number of aryl methyl sites for hydroxylation is 1. The number of rotatable bonds is 20. The van der Waals surface area contributed by atoms with Crippen molar-refractivity contribution >= 4 is 29.8 Å². The number of hydrogen-bond acceptors (Lipinski definition) is 11. The summed E-state index contributed by atoms with van der Waals surface area (Å²) in [6.07, 6.45) is -1.75. The van der Waals surface area contributed by atoms with Gasteiger partial charge in [-0.25, -0.2) is 14.4 Å². The number of carbonyl (C=O) groups is 5. The molecule has 14 nitrogen and oxygen atoms in total. The molecule has 0 aromatic heterocycles. The van der Waals surface area contributed by atoms with Crippen molar-refractivity contribution in [3.8, 4) is 0 Å². The van der Waals surface area contributed by atoms with Crippen molar-refractivity contribution in [2.24, 2.45) is 11.8 Å². The third-order valence-corrected chi connectivity index (χ3v) is 10.2. The quantitative estimate of drug-likeness (QED) is 0.0950. The molecule has 2 aliphatic heterocycles. The van der Waals surface area contributed by atoms with Gasteiger partial charge in [-0.05, 0) is 67.9 Å². The highest BCUT2D eigenvalue weighted by Gasteiger charge is 2.85. The molecule has 5 N–H and O–H groups in total. The van der Waals surface area contributed by atoms with Crippen molar-refractivity contribution in [2.75, 3.05) is 0 Å². The molecule has 2 aromatic carbocycles. The molecule has 54 heavy (non-hydrogen) atoms. The Kier molecular flexibility index (Phi) is 14.1. The van der Waals surface area contributed by atoms with Gasteiger partial charge in [0, 0.05) is 19.8 Å². The van der Waals surface area contributed by atoms with Crippen molar-refractivity contribution < 1.29 is 68.5 Å². The van der Waals surface area contributed by atoms with Gasteiger partial charge in [-0.2, -0.15) is 0 Å². The Balaban J connectivity index is 1.51. The van der Waals surface area contributed by atoms with E-state index in [9.17, 15) is 49.5 Å². The van der Waals surface area contributed by atoms with Crippen LogP contribution in [0.1, 0.15) is 76.8 Å². The zero-order valence-corrected chi connectivity index (χ0v) is 30.7. The predicted molar refractivity (Wildman–Crippen MR) is 191 cm³/mol. The van der Waals surface area contributed by atoms with Crippen molar-refractivity contribution in [1.29, 1.82) is 0 Å². The second kappa shape index (κ2) is 18.1. The van der Waals surface area contributed by atoms with Crippen LogP contribution in [0, 0.1) is 11.8 Å². The largest absolute Gasteiger partial charge is 0.479 e. The van der Waals surface area contributed by atoms with Gasteiger partial charge >= 0.3 is 29.8 Å². The Hall–Kier alpha value is -4.63. The Bertz CT molecular complexity index is 1650. The number of fused-ring (bicyclic) bond motifs is 2. The second-order valence-electron chi connectivity index (χ2n) is 14.2. The van der Waals surface area contributed by atoms with E-state index in [4.69, 9.17) is 18.9 Å². The molecule has 4 rings (SSSR count). The molecule has 0 unspecified atom stereocenters. The van der Waals surface area contributed by atoms with Crippen molar-refractivity contribution in [3.05, 3.63) is 83.9 Å². The molecule has 14 heteroatoms. The third kappa shape index (κ3) is 9.17. The van der Waals surface area contributed by atoms with Crippen LogP contribution in [0.2, 0.25) is 0 Å². The van der Waals surface area contributed by atoms with Crippen LogP contribution in [0.3, 0.4) is 0 Å². The summed E-state index contributed by atoms with van der Waals surface area (Å²) in [5.74, 6) is -10.8. The number of allylic oxidation sites excluding steroid dienone is 2. The first-order valence-corrected chi connectivity index (χ1v) is 18.2. The number of hydrogen-bond donors (Lipinski definition) is 5. The minimum absolute atomic E-state index is 0.0311. The molecule has 0 aliphatic carbocycles. The number of aliphatic carboxylic acids is 3. The summed E-state index contributed by atoms with van der Waals surface area (Å²) < 4.78 is 22.2. The first kappa shape index (κ1) is 42.1. The molecule has 2 fully saturated rings.